The molecule has 0 saturated heterocycles. The van der Waals surface area contributed by atoms with Gasteiger partial charge < -0.3 is 0 Å². The van der Waals surface area contributed by atoms with Crippen LogP contribution < -0.4 is 5.30 Å². The molecule has 21 heavy (non-hydrogen) atoms. The molecular weight excluding hydrogens is 273 g/mol. The van der Waals surface area contributed by atoms with Crippen LogP contribution in [0.25, 0.3) is 0 Å². The average Bonchev–Trinajstić information content (AvgIpc) is 2.57. The molecule has 112 valence electrons. The molecule has 1 aromatic carbocycles. The second kappa shape index (κ2) is 7.42. The van der Waals surface area contributed by atoms with Gasteiger partial charge in [-0.05, 0) is 54.4 Å². The van der Waals surface area contributed by atoms with Crippen LogP contribution in [0.4, 0.5) is 0 Å². The molecule has 2 saturated carbocycles. The van der Waals surface area contributed by atoms with Crippen molar-refractivity contribution in [1.29, 1.82) is 5.26 Å². The molecule has 0 amide bonds. The molecule has 2 fully saturated rings. The molecule has 1 nitrogen and oxygen atoms in total. The monoisotopic (exact) mass is 299 g/mol. The molecule has 0 aromatic heterocycles. The Balaban J connectivity index is 1.88. The van der Waals surface area contributed by atoms with Gasteiger partial charge in [-0.25, -0.2) is 0 Å². The predicted molar refractivity (Wildman–Crippen MR) is 91.5 cm³/mol. The Morgan fingerprint density at radius 2 is 1.43 bits per heavy atom. The summed E-state index contributed by atoms with van der Waals surface area (Å²) >= 11 is 0. The smallest absolute Gasteiger partial charge is 0.0991 e. The molecule has 0 N–H and O–H groups in total. The minimum Gasteiger partial charge on any atom is -0.192 e. The number of benzene rings is 1. The van der Waals surface area contributed by atoms with Crippen molar-refractivity contribution in [3.05, 3.63) is 29.8 Å². The highest BCUT2D eigenvalue weighted by molar-refractivity contribution is 7.67. The van der Waals surface area contributed by atoms with Gasteiger partial charge in [0.1, 0.15) is 0 Å². The lowest BCUT2D eigenvalue weighted by Crippen LogP contribution is -2.26. The third kappa shape index (κ3) is 3.67. The molecule has 0 unspecified atom stereocenters. The van der Waals surface area contributed by atoms with Crippen LogP contribution in [0, 0.1) is 11.3 Å². The molecule has 2 aliphatic rings. The Labute approximate surface area is 130 Å². The Hall–Kier alpha value is -0.860. The van der Waals surface area contributed by atoms with Crippen LogP contribution in [0.15, 0.2) is 24.3 Å². The minimum absolute atomic E-state index is 0.0651. The van der Waals surface area contributed by atoms with Crippen LogP contribution in [0.5, 0.6) is 0 Å². The normalized spacial score (nSPS) is 21.3. The van der Waals surface area contributed by atoms with Crippen LogP contribution in [-0.4, -0.2) is 11.3 Å². The Morgan fingerprint density at radius 3 is 1.95 bits per heavy atom. The summed E-state index contributed by atoms with van der Waals surface area (Å²) in [6.45, 7) is 0. The van der Waals surface area contributed by atoms with Crippen LogP contribution in [-0.2, 0) is 0 Å². The summed E-state index contributed by atoms with van der Waals surface area (Å²) in [7, 11) is -0.0651. The molecule has 0 bridgehead atoms. The van der Waals surface area contributed by atoms with E-state index in [1.807, 2.05) is 6.07 Å². The van der Waals surface area contributed by atoms with Crippen molar-refractivity contribution in [2.75, 3.05) is 0 Å². The number of nitrogens with zero attached hydrogens (tertiary/aromatic N) is 1. The molecule has 2 aliphatic carbocycles. The second-order valence-electron chi connectivity index (χ2n) is 6.65. The van der Waals surface area contributed by atoms with E-state index in [0.717, 1.165) is 16.9 Å². The summed E-state index contributed by atoms with van der Waals surface area (Å²) in [6, 6.07) is 10.9. The maximum atomic E-state index is 9.22. The molecule has 0 heterocycles. The fraction of sp³-hybridized carbons (Fsp3) is 0.632. The van der Waals surface area contributed by atoms with Gasteiger partial charge in [-0.15, -0.1) is 0 Å². The van der Waals surface area contributed by atoms with E-state index in [1.165, 1.54) is 69.5 Å². The van der Waals surface area contributed by atoms with Gasteiger partial charge in [0.05, 0.1) is 11.6 Å². The van der Waals surface area contributed by atoms with Crippen LogP contribution >= 0.6 is 7.92 Å². The number of nitriles is 1. The SMILES string of the molecule is N#Cc1cccc(P(C2CCCCC2)C2CCCCC2)c1. The Bertz CT molecular complexity index is 475. The van der Waals surface area contributed by atoms with Gasteiger partial charge in [0.25, 0.3) is 0 Å². The summed E-state index contributed by atoms with van der Waals surface area (Å²) in [6.07, 6.45) is 14.3. The lowest BCUT2D eigenvalue weighted by molar-refractivity contribution is 0.487. The van der Waals surface area contributed by atoms with E-state index in [9.17, 15) is 5.26 Å². The van der Waals surface area contributed by atoms with Crippen molar-refractivity contribution in [3.8, 4) is 6.07 Å². The lowest BCUT2D eigenvalue weighted by Gasteiger charge is -2.38. The molecule has 2 heteroatoms. The first-order chi connectivity index (χ1) is 10.4. The zero-order valence-electron chi connectivity index (χ0n) is 12.9. The van der Waals surface area contributed by atoms with Crippen LogP contribution in [0.3, 0.4) is 0 Å². The number of hydrogen-bond acceptors (Lipinski definition) is 1. The number of rotatable bonds is 3. The third-order valence-electron chi connectivity index (χ3n) is 5.21. The van der Waals surface area contributed by atoms with E-state index in [0.29, 0.717) is 0 Å². The van der Waals surface area contributed by atoms with Crippen molar-refractivity contribution in [2.45, 2.75) is 75.5 Å². The maximum absolute atomic E-state index is 9.22. The fourth-order valence-electron chi connectivity index (χ4n) is 4.17. The summed E-state index contributed by atoms with van der Waals surface area (Å²) < 4.78 is 0. The van der Waals surface area contributed by atoms with Gasteiger partial charge in [-0.1, -0.05) is 58.6 Å². The van der Waals surface area contributed by atoms with Crippen molar-refractivity contribution >= 4 is 13.2 Å². The summed E-state index contributed by atoms with van der Waals surface area (Å²) in [5.74, 6) is 0. The van der Waals surface area contributed by atoms with Crippen LogP contribution in [0.1, 0.15) is 69.8 Å². The zero-order chi connectivity index (χ0) is 14.5. The maximum Gasteiger partial charge on any atom is 0.0991 e. The predicted octanol–water partition coefficient (Wildman–Crippen LogP) is 5.33. The van der Waals surface area contributed by atoms with Gasteiger partial charge in [-0.2, -0.15) is 5.26 Å². The van der Waals surface area contributed by atoms with Crippen molar-refractivity contribution < 1.29 is 0 Å². The molecule has 0 radical (unpaired) electrons. The molecule has 3 rings (SSSR count). The number of hydrogen-bond donors (Lipinski definition) is 0. The second-order valence-corrected chi connectivity index (χ2v) is 9.44. The van der Waals surface area contributed by atoms with E-state index in [4.69, 9.17) is 0 Å². The standard InChI is InChI=1S/C19H26NP/c20-15-16-8-7-13-19(14-16)21(17-9-3-1-4-10-17)18-11-5-2-6-12-18/h7-8,13-14,17-18H,1-6,9-12H2. The molecule has 0 aliphatic heterocycles. The fourth-order valence-corrected chi connectivity index (χ4v) is 8.00. The van der Waals surface area contributed by atoms with Gasteiger partial charge in [-0.3, -0.25) is 0 Å². The third-order valence-corrected chi connectivity index (χ3v) is 8.69. The average molecular weight is 299 g/mol. The van der Waals surface area contributed by atoms with Crippen molar-refractivity contribution in [2.24, 2.45) is 0 Å². The van der Waals surface area contributed by atoms with Crippen LogP contribution in [0.2, 0.25) is 0 Å². The molecule has 0 spiro atoms. The van der Waals surface area contributed by atoms with Gasteiger partial charge >= 0.3 is 0 Å². The first-order valence-corrected chi connectivity index (χ1v) is 10.1. The molecule has 0 atom stereocenters. The highest BCUT2D eigenvalue weighted by atomic mass is 31.1. The highest BCUT2D eigenvalue weighted by Gasteiger charge is 2.32. The summed E-state index contributed by atoms with van der Waals surface area (Å²) in [5.41, 5.74) is 2.70. The minimum atomic E-state index is -0.0651. The van der Waals surface area contributed by atoms with Crippen molar-refractivity contribution in [3.63, 3.8) is 0 Å². The Kier molecular flexibility index (Phi) is 5.32. The van der Waals surface area contributed by atoms with E-state index >= 15 is 0 Å². The van der Waals surface area contributed by atoms with Gasteiger partial charge in [0.15, 0.2) is 0 Å². The van der Waals surface area contributed by atoms with E-state index in [1.54, 1.807) is 0 Å². The van der Waals surface area contributed by atoms with E-state index in [-0.39, 0.29) is 7.92 Å². The van der Waals surface area contributed by atoms with E-state index in [2.05, 4.69) is 24.3 Å². The summed E-state index contributed by atoms with van der Waals surface area (Å²) in [5, 5.41) is 10.7. The Morgan fingerprint density at radius 1 is 0.857 bits per heavy atom. The van der Waals surface area contributed by atoms with Crippen molar-refractivity contribution in [1.82, 2.24) is 0 Å². The molecular formula is C19H26NP. The first kappa shape index (κ1) is 15.1. The highest BCUT2D eigenvalue weighted by Crippen LogP contribution is 2.54. The zero-order valence-corrected chi connectivity index (χ0v) is 13.8. The van der Waals surface area contributed by atoms with Gasteiger partial charge in [0.2, 0.25) is 0 Å². The quantitative estimate of drug-likeness (QED) is 0.692. The lowest BCUT2D eigenvalue weighted by atomic mass is 9.99. The largest absolute Gasteiger partial charge is 0.192 e. The molecule has 1 aromatic rings. The summed E-state index contributed by atoms with van der Waals surface area (Å²) in [4.78, 5) is 0. The topological polar surface area (TPSA) is 23.8 Å². The van der Waals surface area contributed by atoms with E-state index < -0.39 is 0 Å². The van der Waals surface area contributed by atoms with Gasteiger partial charge in [0, 0.05) is 0 Å². The first-order valence-electron chi connectivity index (χ1n) is 8.67.